The van der Waals surface area contributed by atoms with Crippen LogP contribution < -0.4 is 51.9 Å². The maximum atomic E-state index is 12.6. The van der Waals surface area contributed by atoms with Gasteiger partial charge >= 0.3 is 0 Å². The quantitative estimate of drug-likeness (QED) is 0.0606. The van der Waals surface area contributed by atoms with Crippen LogP contribution in [0.2, 0.25) is 0 Å². The van der Waals surface area contributed by atoms with Gasteiger partial charge in [0.05, 0.1) is 183 Å². The van der Waals surface area contributed by atoms with Crippen LogP contribution in [-0.2, 0) is 56.8 Å². The van der Waals surface area contributed by atoms with E-state index in [1.54, 1.807) is 64.0 Å². The van der Waals surface area contributed by atoms with E-state index in [-0.39, 0.29) is 145 Å². The third-order valence-electron chi connectivity index (χ3n) is 35.6. The summed E-state index contributed by atoms with van der Waals surface area (Å²) in [5, 5.41) is 178. The molecule has 0 radical (unpaired) electrons. The molecular weight excluding hydrogens is 1530 g/mol. The highest BCUT2D eigenvalue weighted by atomic mass is 35.5. The minimum Gasteiger partial charge on any atom is -1.00 e. The van der Waals surface area contributed by atoms with E-state index in [4.69, 9.17) is 56.8 Å². The molecule has 648 valence electrons. The Kier molecular flexibility index (Phi) is 25.3. The molecule has 0 amide bonds. The molecule has 111 heavy (non-hydrogen) atoms. The smallest absolute Gasteiger partial charge is 0.120 e. The lowest BCUT2D eigenvalue weighted by Crippen LogP contribution is -3.22. The number of aliphatic hydroxyl groups is 15. The van der Waals surface area contributed by atoms with E-state index in [1.807, 2.05) is 0 Å². The molecule has 36 heteroatoms. The molecule has 3 unspecified atom stereocenters. The van der Waals surface area contributed by atoms with Gasteiger partial charge in [0.25, 0.3) is 0 Å². The monoisotopic (exact) mass is 1660 g/mol. The highest BCUT2D eigenvalue weighted by molar-refractivity contribution is 5.42. The molecule has 18 rings (SSSR count). The van der Waals surface area contributed by atoms with E-state index >= 15 is 0 Å². The number of hydrogen-bond acceptors (Lipinski definition) is 27. The Balaban J connectivity index is 0.000000172. The molecule has 15 aliphatic carbocycles. The number of piperidine rings is 3. The topological polar surface area (TPSA) is 522 Å². The fraction of sp³-hybridized carbons (Fsp3) is 1.00. The molecule has 3 aliphatic heterocycles. The van der Waals surface area contributed by atoms with E-state index in [0.717, 1.165) is 19.6 Å². The minimum atomic E-state index is -1.74. The molecule has 3 spiro atoms. The van der Waals surface area contributed by atoms with Crippen molar-refractivity contribution in [2.45, 2.75) is 221 Å². The molecule has 3 heterocycles. The van der Waals surface area contributed by atoms with Crippen molar-refractivity contribution in [3.05, 3.63) is 0 Å². The second-order valence-corrected chi connectivity index (χ2v) is 36.8. The Morgan fingerprint density at radius 1 is 0.315 bits per heavy atom. The first-order chi connectivity index (χ1) is 49.8. The number of ether oxygens (including phenoxy) is 12. The summed E-state index contributed by atoms with van der Waals surface area (Å²) in [4.78, 5) is 3.61. The fourth-order valence-electron chi connectivity index (χ4n) is 33.7. The van der Waals surface area contributed by atoms with E-state index in [2.05, 4.69) is 20.8 Å². The van der Waals surface area contributed by atoms with Crippen molar-refractivity contribution in [1.82, 2.24) is 0 Å². The third kappa shape index (κ3) is 9.80. The number of hydrogen-bond donors (Lipinski definition) is 18. The zero-order valence-corrected chi connectivity index (χ0v) is 68.7. The highest BCUT2D eigenvalue weighted by Gasteiger charge is 2.97. The van der Waals surface area contributed by atoms with Crippen molar-refractivity contribution in [3.8, 4) is 0 Å². The molecule has 18 aliphatic rings. The van der Waals surface area contributed by atoms with E-state index in [9.17, 15) is 76.6 Å². The van der Waals surface area contributed by atoms with Gasteiger partial charge in [-0.3, -0.25) is 0 Å². The Labute approximate surface area is 667 Å². The molecule has 3 saturated heterocycles. The summed E-state index contributed by atoms with van der Waals surface area (Å²) in [6, 6.07) is -0.470. The number of methoxy groups -OCH3 is 12. The Bertz CT molecular complexity index is 2990. The number of nitrogens with one attached hydrogen (secondary N) is 3. The van der Waals surface area contributed by atoms with Gasteiger partial charge in [-0.05, 0) is 57.8 Å². The second kappa shape index (κ2) is 30.3. The first kappa shape index (κ1) is 92.8. The molecule has 0 aromatic heterocycles. The molecule has 0 aromatic carbocycles. The first-order valence-electron chi connectivity index (χ1n) is 39.0. The van der Waals surface area contributed by atoms with Crippen LogP contribution in [0.5, 0.6) is 0 Å². The second-order valence-electron chi connectivity index (χ2n) is 36.8. The summed E-state index contributed by atoms with van der Waals surface area (Å²) in [5.41, 5.74) is -14.1. The van der Waals surface area contributed by atoms with Gasteiger partial charge in [0.1, 0.15) is 88.4 Å². The van der Waals surface area contributed by atoms with E-state index in [0.29, 0.717) is 58.7 Å². The van der Waals surface area contributed by atoms with Gasteiger partial charge in [-0.15, -0.1) is 0 Å². The molecule has 0 aromatic rings. The largest absolute Gasteiger partial charge is 1.00 e. The van der Waals surface area contributed by atoms with Crippen LogP contribution in [-0.4, -0.2) is 399 Å². The predicted molar refractivity (Wildman–Crippen MR) is 372 cm³/mol. The van der Waals surface area contributed by atoms with E-state index < -0.39 is 193 Å². The van der Waals surface area contributed by atoms with Gasteiger partial charge in [-0.2, -0.15) is 0 Å². The van der Waals surface area contributed by atoms with E-state index in [1.165, 1.54) is 36.0 Å². The van der Waals surface area contributed by atoms with Crippen LogP contribution >= 0.6 is 0 Å². The summed E-state index contributed by atoms with van der Waals surface area (Å²) in [6.07, 6.45) is -14.5. The number of rotatable bonds is 18. The summed E-state index contributed by atoms with van der Waals surface area (Å²) in [7, 11) is 19.0. The zero-order chi connectivity index (χ0) is 75.9. The number of quaternary nitrogens is 3. The molecule has 15 saturated carbocycles. The van der Waals surface area contributed by atoms with Gasteiger partial charge in [0.2, 0.25) is 0 Å². The molecule has 24 N–H and O–H groups in total. The lowest BCUT2D eigenvalue weighted by atomic mass is 9.42. The van der Waals surface area contributed by atoms with Crippen LogP contribution in [0.25, 0.3) is 0 Å². The van der Waals surface area contributed by atoms with Gasteiger partial charge in [0, 0.05) is 140 Å². The Morgan fingerprint density at radius 2 is 0.541 bits per heavy atom. The number of aliphatic hydroxyl groups excluding tert-OH is 9. The molecule has 18 fully saturated rings. The number of likely N-dealkylation sites (tertiary alicyclic amines) is 3. The van der Waals surface area contributed by atoms with Crippen molar-refractivity contribution >= 4 is 0 Å². The number of fused-ring (bicyclic) bond motifs is 6. The highest BCUT2D eigenvalue weighted by Crippen LogP contribution is 2.82. The number of halogens is 3. The van der Waals surface area contributed by atoms with Gasteiger partial charge in [-0.25, -0.2) is 0 Å². The van der Waals surface area contributed by atoms with Crippen LogP contribution in [0.15, 0.2) is 0 Å². The van der Waals surface area contributed by atoms with Gasteiger partial charge in [0.15, 0.2) is 0 Å². The molecule has 33 nitrogen and oxygen atoms in total. The van der Waals surface area contributed by atoms with Gasteiger partial charge < -0.3 is 202 Å². The minimum absolute atomic E-state index is 0. The maximum Gasteiger partial charge on any atom is 0.120 e. The Hall–Kier alpha value is -0.450. The molecular formula is C75H132Cl3N3O30. The van der Waals surface area contributed by atoms with Crippen LogP contribution in [0.3, 0.4) is 0 Å². The fourth-order valence-corrected chi connectivity index (χ4v) is 33.7. The van der Waals surface area contributed by atoms with Crippen molar-refractivity contribution in [1.29, 1.82) is 0 Å². The lowest BCUT2D eigenvalue weighted by molar-refractivity contribution is -0.954. The zero-order valence-electron chi connectivity index (χ0n) is 66.4. The standard InChI is InChI=1S/3C25H41NO9.3ClH.3H2O/c3*1-6-26-9-22(10-32-2)12(27)7-13(33-3)24-11-8-23(30)19(28)14(11)25(31,20(29)21(23)35-5)15(18(24)26)16(34-4)17(22)24;;;;;;/h3*11-21,27-31H,6-10H2,1-5H3;3*1H;3*1H2/t3*11-,12-,13+,14-,15+,16+,17-,18-,19-,20+,21+,22+,23-,24+,25-;;;;;;/m111....../s1. The average molecular weight is 1660 g/mol. The first-order valence-corrected chi connectivity index (χ1v) is 39.0. The third-order valence-corrected chi connectivity index (χ3v) is 35.6. The van der Waals surface area contributed by atoms with Crippen molar-refractivity contribution in [3.63, 3.8) is 0 Å². The maximum absolute atomic E-state index is 12.6. The molecule has 48 atom stereocenters. The van der Waals surface area contributed by atoms with Crippen LogP contribution in [0.1, 0.15) is 59.3 Å². The van der Waals surface area contributed by atoms with Gasteiger partial charge in [-0.1, -0.05) is 0 Å². The summed E-state index contributed by atoms with van der Waals surface area (Å²) >= 11 is 0. The molecule has 21 bridgehead atoms. The summed E-state index contributed by atoms with van der Waals surface area (Å²) in [5.74, 6) is -5.85. The van der Waals surface area contributed by atoms with Crippen LogP contribution in [0, 0.1) is 104 Å². The summed E-state index contributed by atoms with van der Waals surface area (Å²) < 4.78 is 71.4. The van der Waals surface area contributed by atoms with Crippen LogP contribution in [0.4, 0.5) is 0 Å². The van der Waals surface area contributed by atoms with Crippen molar-refractivity contribution in [2.24, 2.45) is 104 Å². The normalized spacial score (nSPS) is 60.5. The summed E-state index contributed by atoms with van der Waals surface area (Å²) in [6.45, 7) is 11.4. The van der Waals surface area contributed by atoms with Crippen molar-refractivity contribution in [2.75, 3.05) is 144 Å². The SMILES string of the molecule is CC[NH+]1C[C@]2(COC)[C@H](O)C[C@H](OC)[C@@]34[C@@H]5C[C@@]6(O)[C@H](O)[C@@H]5[C@@](O)([C@@H]([C@H](OC)[C@H]23)[C@@H]14)[C@@H](O)[C@@H]6OC.CC[NH+]1C[C@]2(COC)[C@H](O)C[C@H](OC)[C@@]34[C@@H]5C[C@@]6(O)[C@H](O)[C@@H]5[C@@](O)([C@@H]([C@H](OC)[C@H]23)[C@@H]14)[C@@H](O)[C@@H]6OC.CC[NH+]1C[C@]2(COC)[C@H](O)C[C@H](OC)[C@@]34[C@@H]5C[C@@]6(O)[C@H](O)[C@@H]5[C@@](O)([C@@H]([C@H](OC)[C@H]23)[C@@H]14)[C@@H](O)[C@@H]6OC.O.O.O.[Cl-].[Cl-].[Cl-]. The average Bonchev–Trinajstić information content (AvgIpc) is 1.47. The predicted octanol–water partition coefficient (Wildman–Crippen LogP) is -21.1. The van der Waals surface area contributed by atoms with Crippen molar-refractivity contribution < 1.29 is 202 Å². The lowest BCUT2D eigenvalue weighted by Gasteiger charge is -2.68. The Morgan fingerprint density at radius 3 is 0.721 bits per heavy atom.